The molecule has 0 spiro atoms. The van der Waals surface area contributed by atoms with Gasteiger partial charge < -0.3 is 10.1 Å². The SMILES string of the molecule is O=C(CCCOCCc1ccccc1)Nc1nc2ccccc2s1. The monoisotopic (exact) mass is 340 g/mol. The highest BCUT2D eigenvalue weighted by Crippen LogP contribution is 2.25. The molecule has 4 nitrogen and oxygen atoms in total. The number of hydrogen-bond donors (Lipinski definition) is 1. The number of rotatable bonds is 8. The van der Waals surface area contributed by atoms with Crippen molar-refractivity contribution in [3.8, 4) is 0 Å². The van der Waals surface area contributed by atoms with Gasteiger partial charge in [0.2, 0.25) is 5.91 Å². The van der Waals surface area contributed by atoms with Gasteiger partial charge in [-0.2, -0.15) is 0 Å². The summed E-state index contributed by atoms with van der Waals surface area (Å²) >= 11 is 1.50. The first-order chi connectivity index (χ1) is 11.8. The summed E-state index contributed by atoms with van der Waals surface area (Å²) in [5.41, 5.74) is 2.19. The number of ether oxygens (including phenoxy) is 1. The van der Waals surface area contributed by atoms with Crippen LogP contribution in [-0.4, -0.2) is 24.1 Å². The van der Waals surface area contributed by atoms with Gasteiger partial charge in [-0.3, -0.25) is 4.79 Å². The standard InChI is InChI=1S/C19H20N2O2S/c22-18(21-19-20-16-9-4-5-10-17(16)24-19)11-6-13-23-14-12-15-7-2-1-3-8-15/h1-5,7-10H,6,11-14H2,(H,20,21,22). The van der Waals surface area contributed by atoms with Crippen LogP contribution in [0.4, 0.5) is 5.13 Å². The van der Waals surface area contributed by atoms with Gasteiger partial charge in [-0.15, -0.1) is 0 Å². The highest BCUT2D eigenvalue weighted by Gasteiger charge is 2.07. The lowest BCUT2D eigenvalue weighted by atomic mass is 10.2. The zero-order chi connectivity index (χ0) is 16.6. The Balaban J connectivity index is 1.32. The molecule has 3 aromatic rings. The number of benzene rings is 2. The molecular formula is C19H20N2O2S. The largest absolute Gasteiger partial charge is 0.381 e. The van der Waals surface area contributed by atoms with Gasteiger partial charge in [-0.25, -0.2) is 4.98 Å². The lowest BCUT2D eigenvalue weighted by Gasteiger charge is -2.04. The summed E-state index contributed by atoms with van der Waals surface area (Å²) in [5.74, 6) is -0.0132. The molecule has 24 heavy (non-hydrogen) atoms. The smallest absolute Gasteiger partial charge is 0.226 e. The van der Waals surface area contributed by atoms with Gasteiger partial charge in [-0.05, 0) is 30.5 Å². The molecule has 124 valence electrons. The average Bonchev–Trinajstić information content (AvgIpc) is 3.01. The summed E-state index contributed by atoms with van der Waals surface area (Å²) in [6.07, 6.45) is 2.06. The second-order valence-corrected chi connectivity index (χ2v) is 6.52. The van der Waals surface area contributed by atoms with Crippen LogP contribution in [0.2, 0.25) is 0 Å². The number of anilines is 1. The number of hydrogen-bond acceptors (Lipinski definition) is 4. The molecule has 0 atom stereocenters. The lowest BCUT2D eigenvalue weighted by molar-refractivity contribution is -0.116. The van der Waals surface area contributed by atoms with Gasteiger partial charge in [0.1, 0.15) is 0 Å². The molecule has 0 aliphatic carbocycles. The van der Waals surface area contributed by atoms with Crippen LogP contribution in [-0.2, 0) is 16.0 Å². The topological polar surface area (TPSA) is 51.2 Å². The van der Waals surface area contributed by atoms with Crippen molar-refractivity contribution in [2.45, 2.75) is 19.3 Å². The van der Waals surface area contributed by atoms with E-state index in [9.17, 15) is 4.79 Å². The van der Waals surface area contributed by atoms with Crippen molar-refractivity contribution in [3.05, 3.63) is 60.2 Å². The van der Waals surface area contributed by atoms with E-state index in [-0.39, 0.29) is 5.91 Å². The fourth-order valence-electron chi connectivity index (χ4n) is 2.38. The molecule has 1 amide bonds. The third kappa shape index (κ3) is 4.88. The minimum Gasteiger partial charge on any atom is -0.381 e. The third-order valence-corrected chi connectivity index (χ3v) is 4.56. The van der Waals surface area contributed by atoms with Gasteiger partial charge in [0, 0.05) is 13.0 Å². The molecular weight excluding hydrogens is 320 g/mol. The van der Waals surface area contributed by atoms with Crippen LogP contribution in [0.25, 0.3) is 10.2 Å². The molecule has 0 fully saturated rings. The van der Waals surface area contributed by atoms with E-state index < -0.39 is 0 Å². The van der Waals surface area contributed by atoms with Gasteiger partial charge >= 0.3 is 0 Å². The van der Waals surface area contributed by atoms with Gasteiger partial charge in [0.25, 0.3) is 0 Å². The highest BCUT2D eigenvalue weighted by molar-refractivity contribution is 7.22. The van der Waals surface area contributed by atoms with Gasteiger partial charge in [0.15, 0.2) is 5.13 Å². The summed E-state index contributed by atoms with van der Waals surface area (Å²) in [7, 11) is 0. The lowest BCUT2D eigenvalue weighted by Crippen LogP contribution is -2.12. The predicted molar refractivity (Wildman–Crippen MR) is 98.4 cm³/mol. The number of nitrogens with one attached hydrogen (secondary N) is 1. The molecule has 0 aliphatic heterocycles. The van der Waals surface area contributed by atoms with Crippen LogP contribution in [0, 0.1) is 0 Å². The number of para-hydroxylation sites is 1. The van der Waals surface area contributed by atoms with E-state index in [0.717, 1.165) is 16.6 Å². The zero-order valence-electron chi connectivity index (χ0n) is 13.4. The first kappa shape index (κ1) is 16.6. The van der Waals surface area contributed by atoms with E-state index in [1.165, 1.54) is 16.9 Å². The van der Waals surface area contributed by atoms with Crippen molar-refractivity contribution in [1.29, 1.82) is 0 Å². The number of nitrogens with zero attached hydrogens (tertiary/aromatic N) is 1. The minimum absolute atomic E-state index is 0.0132. The number of fused-ring (bicyclic) bond motifs is 1. The Labute approximate surface area is 145 Å². The molecule has 3 rings (SSSR count). The Morgan fingerprint density at radius 1 is 1.04 bits per heavy atom. The van der Waals surface area contributed by atoms with Crippen molar-refractivity contribution in [2.75, 3.05) is 18.5 Å². The third-order valence-electron chi connectivity index (χ3n) is 3.61. The van der Waals surface area contributed by atoms with Crippen molar-refractivity contribution >= 4 is 32.6 Å². The fraction of sp³-hybridized carbons (Fsp3) is 0.263. The normalized spacial score (nSPS) is 10.8. The quantitative estimate of drug-likeness (QED) is 0.623. The predicted octanol–water partition coefficient (Wildman–Crippen LogP) is 4.27. The molecule has 5 heteroatoms. The second-order valence-electron chi connectivity index (χ2n) is 5.49. The average molecular weight is 340 g/mol. The minimum atomic E-state index is -0.0132. The van der Waals surface area contributed by atoms with E-state index in [1.54, 1.807) is 0 Å². The Morgan fingerprint density at radius 2 is 1.83 bits per heavy atom. The van der Waals surface area contributed by atoms with E-state index in [2.05, 4.69) is 22.4 Å². The van der Waals surface area contributed by atoms with Crippen molar-refractivity contribution in [2.24, 2.45) is 0 Å². The molecule has 0 saturated carbocycles. The Morgan fingerprint density at radius 3 is 2.67 bits per heavy atom. The van der Waals surface area contributed by atoms with E-state index in [1.807, 2.05) is 42.5 Å². The Hall–Kier alpha value is -2.24. The Bertz CT molecular complexity index is 753. The number of amides is 1. The first-order valence-corrected chi connectivity index (χ1v) is 8.90. The second kappa shape index (κ2) is 8.57. The molecule has 1 aromatic heterocycles. The Kier molecular flexibility index (Phi) is 5.93. The van der Waals surface area contributed by atoms with E-state index in [0.29, 0.717) is 31.2 Å². The maximum Gasteiger partial charge on any atom is 0.226 e. The molecule has 2 aromatic carbocycles. The van der Waals surface area contributed by atoms with Crippen LogP contribution in [0.15, 0.2) is 54.6 Å². The summed E-state index contributed by atoms with van der Waals surface area (Å²) in [6.45, 7) is 1.28. The summed E-state index contributed by atoms with van der Waals surface area (Å²) in [6, 6.07) is 18.1. The van der Waals surface area contributed by atoms with Gasteiger partial charge in [0.05, 0.1) is 16.8 Å². The van der Waals surface area contributed by atoms with E-state index >= 15 is 0 Å². The highest BCUT2D eigenvalue weighted by atomic mass is 32.1. The maximum atomic E-state index is 11.9. The molecule has 1 N–H and O–H groups in total. The fourth-order valence-corrected chi connectivity index (χ4v) is 3.26. The summed E-state index contributed by atoms with van der Waals surface area (Å²) in [5, 5.41) is 3.52. The summed E-state index contributed by atoms with van der Waals surface area (Å²) in [4.78, 5) is 16.3. The van der Waals surface area contributed by atoms with Crippen molar-refractivity contribution in [3.63, 3.8) is 0 Å². The molecule has 1 heterocycles. The number of thiazole rings is 1. The molecule has 0 bridgehead atoms. The molecule has 0 unspecified atom stereocenters. The number of aromatic nitrogens is 1. The maximum absolute atomic E-state index is 11.9. The zero-order valence-corrected chi connectivity index (χ0v) is 14.2. The van der Waals surface area contributed by atoms with Crippen molar-refractivity contribution < 1.29 is 9.53 Å². The van der Waals surface area contributed by atoms with Crippen LogP contribution in [0.3, 0.4) is 0 Å². The molecule has 0 aliphatic rings. The van der Waals surface area contributed by atoms with Crippen molar-refractivity contribution in [1.82, 2.24) is 4.98 Å². The van der Waals surface area contributed by atoms with Crippen LogP contribution in [0.1, 0.15) is 18.4 Å². The first-order valence-electron chi connectivity index (χ1n) is 8.08. The molecule has 0 radical (unpaired) electrons. The number of carbonyl (C=O) groups is 1. The van der Waals surface area contributed by atoms with E-state index in [4.69, 9.17) is 4.74 Å². The molecule has 0 saturated heterocycles. The van der Waals surface area contributed by atoms with Crippen LogP contribution in [0.5, 0.6) is 0 Å². The number of carbonyl (C=O) groups excluding carboxylic acids is 1. The van der Waals surface area contributed by atoms with Crippen LogP contribution < -0.4 is 5.32 Å². The summed E-state index contributed by atoms with van der Waals surface area (Å²) < 4.78 is 6.67. The van der Waals surface area contributed by atoms with Gasteiger partial charge in [-0.1, -0.05) is 53.8 Å². The van der Waals surface area contributed by atoms with Crippen LogP contribution >= 0.6 is 11.3 Å².